The van der Waals surface area contributed by atoms with E-state index in [9.17, 15) is 0 Å². The Morgan fingerprint density at radius 1 is 0.806 bits per heavy atom. The van der Waals surface area contributed by atoms with E-state index in [-0.39, 0.29) is 0 Å². The Balaban J connectivity index is 0.000000401. The Bertz CT molecular complexity index is 784. The van der Waals surface area contributed by atoms with Gasteiger partial charge in [-0.3, -0.25) is 14.7 Å². The molecule has 168 valence electrons. The van der Waals surface area contributed by atoms with Crippen LogP contribution in [0.1, 0.15) is 24.2 Å². The molecule has 0 bridgehead atoms. The zero-order chi connectivity index (χ0) is 22.1. The highest BCUT2D eigenvalue weighted by molar-refractivity contribution is 6.27. The normalized spacial score (nSPS) is 18.8. The highest BCUT2D eigenvalue weighted by atomic mass is 16.4. The number of furan rings is 1. The molecule has 1 aromatic heterocycles. The van der Waals surface area contributed by atoms with Crippen LogP contribution in [0.25, 0.3) is 0 Å². The number of aliphatic carboxylic acids is 2. The first-order valence-corrected chi connectivity index (χ1v) is 10.7. The highest BCUT2D eigenvalue weighted by Crippen LogP contribution is 2.20. The number of likely N-dealkylation sites (tertiary alicyclic amines) is 1. The van der Waals surface area contributed by atoms with Crippen LogP contribution in [0, 0.1) is 0 Å². The van der Waals surface area contributed by atoms with Crippen LogP contribution >= 0.6 is 0 Å². The lowest BCUT2D eigenvalue weighted by atomic mass is 10.0. The maximum atomic E-state index is 9.10. The van der Waals surface area contributed by atoms with E-state index < -0.39 is 11.9 Å². The summed E-state index contributed by atoms with van der Waals surface area (Å²) >= 11 is 0. The molecular formula is C23H31N3O5. The summed E-state index contributed by atoms with van der Waals surface area (Å²) in [5.74, 6) is -2.56. The van der Waals surface area contributed by atoms with Crippen molar-refractivity contribution in [2.45, 2.75) is 32.0 Å². The zero-order valence-electron chi connectivity index (χ0n) is 17.7. The van der Waals surface area contributed by atoms with Crippen molar-refractivity contribution in [2.75, 3.05) is 39.3 Å². The van der Waals surface area contributed by atoms with Crippen LogP contribution in [0.3, 0.4) is 0 Å². The fourth-order valence-corrected chi connectivity index (χ4v) is 4.19. The predicted molar refractivity (Wildman–Crippen MR) is 116 cm³/mol. The third-order valence-corrected chi connectivity index (χ3v) is 5.87. The quantitative estimate of drug-likeness (QED) is 0.699. The van der Waals surface area contributed by atoms with Crippen molar-refractivity contribution in [3.05, 3.63) is 60.1 Å². The summed E-state index contributed by atoms with van der Waals surface area (Å²) in [5, 5.41) is 14.8. The lowest BCUT2D eigenvalue weighted by molar-refractivity contribution is -0.159. The summed E-state index contributed by atoms with van der Waals surface area (Å²) in [6.07, 6.45) is 4.39. The first-order chi connectivity index (χ1) is 15.0. The van der Waals surface area contributed by atoms with Crippen molar-refractivity contribution in [1.82, 2.24) is 14.7 Å². The van der Waals surface area contributed by atoms with Crippen LogP contribution in [-0.4, -0.2) is 82.2 Å². The first kappa shape index (κ1) is 23.0. The maximum Gasteiger partial charge on any atom is 0.414 e. The van der Waals surface area contributed by atoms with Gasteiger partial charge >= 0.3 is 11.9 Å². The van der Waals surface area contributed by atoms with Gasteiger partial charge in [0.15, 0.2) is 0 Å². The number of rotatable bonds is 5. The second-order valence-corrected chi connectivity index (χ2v) is 7.99. The molecule has 1 aromatic carbocycles. The average molecular weight is 430 g/mol. The van der Waals surface area contributed by atoms with Crippen molar-refractivity contribution in [2.24, 2.45) is 0 Å². The molecule has 0 spiro atoms. The number of nitrogens with zero attached hydrogens (tertiary/aromatic N) is 3. The number of carbonyl (C=O) groups is 2. The molecule has 2 aliphatic rings. The van der Waals surface area contributed by atoms with Gasteiger partial charge in [0.1, 0.15) is 5.76 Å². The van der Waals surface area contributed by atoms with Crippen LogP contribution in [0.2, 0.25) is 0 Å². The largest absolute Gasteiger partial charge is 0.473 e. The second-order valence-electron chi connectivity index (χ2n) is 7.99. The molecule has 8 nitrogen and oxygen atoms in total. The zero-order valence-corrected chi connectivity index (χ0v) is 17.7. The molecule has 2 aliphatic heterocycles. The third-order valence-electron chi connectivity index (χ3n) is 5.87. The van der Waals surface area contributed by atoms with E-state index in [1.165, 1.54) is 44.6 Å². The van der Waals surface area contributed by atoms with Gasteiger partial charge < -0.3 is 14.6 Å². The Hall–Kier alpha value is -2.68. The molecule has 31 heavy (non-hydrogen) atoms. The summed E-state index contributed by atoms with van der Waals surface area (Å²) in [6.45, 7) is 9.23. The molecule has 2 N–H and O–H groups in total. The molecule has 0 radical (unpaired) electrons. The Morgan fingerprint density at radius 3 is 1.97 bits per heavy atom. The molecule has 0 amide bonds. The van der Waals surface area contributed by atoms with Crippen LogP contribution in [-0.2, 0) is 22.7 Å². The van der Waals surface area contributed by atoms with Crippen molar-refractivity contribution in [3.63, 3.8) is 0 Å². The van der Waals surface area contributed by atoms with Gasteiger partial charge in [0.05, 0.1) is 12.8 Å². The van der Waals surface area contributed by atoms with Gasteiger partial charge in [-0.05, 0) is 43.6 Å². The number of hydrogen-bond acceptors (Lipinski definition) is 6. The molecule has 2 fully saturated rings. The van der Waals surface area contributed by atoms with Gasteiger partial charge in [-0.25, -0.2) is 9.59 Å². The van der Waals surface area contributed by atoms with Gasteiger partial charge in [-0.15, -0.1) is 0 Å². The SMILES string of the molecule is O=C(O)C(=O)O.c1ccc(CN2CCC(N3CCN(Cc4ccco4)CC3)CC2)cc1. The van der Waals surface area contributed by atoms with Crippen LogP contribution < -0.4 is 0 Å². The van der Waals surface area contributed by atoms with Crippen LogP contribution in [0.15, 0.2) is 53.1 Å². The fourth-order valence-electron chi connectivity index (χ4n) is 4.19. The topological polar surface area (TPSA) is 97.5 Å². The summed E-state index contributed by atoms with van der Waals surface area (Å²) in [4.78, 5) is 26.0. The van der Waals surface area contributed by atoms with Crippen molar-refractivity contribution in [3.8, 4) is 0 Å². The van der Waals surface area contributed by atoms with E-state index in [1.54, 1.807) is 6.26 Å². The first-order valence-electron chi connectivity index (χ1n) is 10.7. The standard InChI is InChI=1S/C21H29N3O.C2H2O4/c1-2-5-19(6-3-1)17-22-10-8-20(9-11-22)24-14-12-23(13-15-24)18-21-7-4-16-25-21;3-1(4)2(5)6/h1-7,16,20H,8-15,17-18H2;(H,3,4)(H,5,6). The molecule has 2 aromatic rings. The van der Waals surface area contributed by atoms with Gasteiger partial charge in [-0.1, -0.05) is 30.3 Å². The van der Waals surface area contributed by atoms with Crippen molar-refractivity contribution >= 4 is 11.9 Å². The summed E-state index contributed by atoms with van der Waals surface area (Å²) in [5.41, 5.74) is 1.44. The van der Waals surface area contributed by atoms with E-state index in [0.29, 0.717) is 0 Å². The van der Waals surface area contributed by atoms with E-state index in [1.807, 2.05) is 6.07 Å². The van der Waals surface area contributed by atoms with Gasteiger partial charge in [0.25, 0.3) is 0 Å². The number of benzene rings is 1. The van der Waals surface area contributed by atoms with E-state index >= 15 is 0 Å². The predicted octanol–water partition coefficient (Wildman–Crippen LogP) is 2.22. The average Bonchev–Trinajstić information content (AvgIpc) is 3.29. The summed E-state index contributed by atoms with van der Waals surface area (Å²) in [6, 6.07) is 15.7. The lowest BCUT2D eigenvalue weighted by Gasteiger charge is -2.42. The highest BCUT2D eigenvalue weighted by Gasteiger charge is 2.27. The molecule has 0 unspecified atom stereocenters. The van der Waals surface area contributed by atoms with Crippen LogP contribution in [0.4, 0.5) is 0 Å². The summed E-state index contributed by atoms with van der Waals surface area (Å²) in [7, 11) is 0. The molecule has 4 rings (SSSR count). The smallest absolute Gasteiger partial charge is 0.414 e. The second kappa shape index (κ2) is 11.6. The molecule has 0 saturated carbocycles. The molecule has 3 heterocycles. The maximum absolute atomic E-state index is 9.10. The molecule has 0 atom stereocenters. The van der Waals surface area contributed by atoms with Gasteiger partial charge in [0.2, 0.25) is 0 Å². The number of hydrogen-bond donors (Lipinski definition) is 2. The Kier molecular flexibility index (Phi) is 8.63. The lowest BCUT2D eigenvalue weighted by Crippen LogP contribution is -2.52. The fraction of sp³-hybridized carbons (Fsp3) is 0.478. The number of carboxylic acid groups (broad SMARTS) is 2. The number of piperidine rings is 1. The minimum absolute atomic E-state index is 0.776. The van der Waals surface area contributed by atoms with Crippen LogP contribution in [0.5, 0.6) is 0 Å². The number of piperazine rings is 1. The van der Waals surface area contributed by atoms with E-state index in [2.05, 4.69) is 51.1 Å². The van der Waals surface area contributed by atoms with Crippen molar-refractivity contribution in [1.29, 1.82) is 0 Å². The number of carboxylic acids is 2. The molecule has 8 heteroatoms. The van der Waals surface area contributed by atoms with Crippen molar-refractivity contribution < 1.29 is 24.2 Å². The monoisotopic (exact) mass is 429 g/mol. The Labute approximate surface area is 182 Å². The van der Waals surface area contributed by atoms with E-state index in [4.69, 9.17) is 24.2 Å². The van der Waals surface area contributed by atoms with Gasteiger partial charge in [0, 0.05) is 38.8 Å². The van der Waals surface area contributed by atoms with E-state index in [0.717, 1.165) is 38.0 Å². The molecule has 2 saturated heterocycles. The Morgan fingerprint density at radius 2 is 1.42 bits per heavy atom. The molecular weight excluding hydrogens is 398 g/mol. The minimum atomic E-state index is -1.82. The molecule has 0 aliphatic carbocycles. The van der Waals surface area contributed by atoms with Gasteiger partial charge in [-0.2, -0.15) is 0 Å². The third kappa shape index (κ3) is 7.50. The summed E-state index contributed by atoms with van der Waals surface area (Å²) < 4.78 is 5.48. The minimum Gasteiger partial charge on any atom is -0.473 e.